The van der Waals surface area contributed by atoms with E-state index in [1.165, 1.54) is 0 Å². The highest BCUT2D eigenvalue weighted by Crippen LogP contribution is 2.13. The van der Waals surface area contributed by atoms with Gasteiger partial charge in [-0.1, -0.05) is 6.92 Å². The van der Waals surface area contributed by atoms with E-state index in [0.717, 1.165) is 25.3 Å². The lowest BCUT2D eigenvalue weighted by atomic mass is 10.2. The molecule has 16 heavy (non-hydrogen) atoms. The normalized spacial score (nSPS) is 20.8. The van der Waals surface area contributed by atoms with Gasteiger partial charge in [-0.25, -0.2) is 4.98 Å². The molecule has 0 saturated carbocycles. The van der Waals surface area contributed by atoms with Crippen LogP contribution < -0.4 is 5.32 Å². The Labute approximate surface area is 95.5 Å². The van der Waals surface area contributed by atoms with Gasteiger partial charge in [0.25, 0.3) is 0 Å². The van der Waals surface area contributed by atoms with Gasteiger partial charge in [0.05, 0.1) is 12.6 Å². The second-order valence-electron chi connectivity index (χ2n) is 4.11. The van der Waals surface area contributed by atoms with E-state index in [4.69, 9.17) is 0 Å². The molecule has 2 heterocycles. The van der Waals surface area contributed by atoms with Gasteiger partial charge in [-0.2, -0.15) is 0 Å². The standard InChI is InChI=1S/C11H18N4O/c1-3-12-9-4-6-15(11(9)16)8-10-13-5-7-14(10)2/h5,7,9,12H,3-4,6,8H2,1-2H3. The first-order valence-electron chi connectivity index (χ1n) is 5.70. The van der Waals surface area contributed by atoms with Gasteiger partial charge in [0, 0.05) is 26.0 Å². The first kappa shape index (κ1) is 11.1. The maximum absolute atomic E-state index is 12.0. The zero-order chi connectivity index (χ0) is 11.5. The van der Waals surface area contributed by atoms with Crippen LogP contribution in [-0.4, -0.2) is 39.5 Å². The fourth-order valence-electron chi connectivity index (χ4n) is 2.05. The van der Waals surface area contributed by atoms with Crippen LogP contribution in [0.4, 0.5) is 0 Å². The van der Waals surface area contributed by atoms with E-state index in [0.29, 0.717) is 6.54 Å². The van der Waals surface area contributed by atoms with Crippen molar-refractivity contribution < 1.29 is 4.79 Å². The third-order valence-electron chi connectivity index (χ3n) is 3.00. The predicted molar refractivity (Wildman–Crippen MR) is 60.7 cm³/mol. The molecule has 1 aliphatic heterocycles. The van der Waals surface area contributed by atoms with Crippen molar-refractivity contribution in [1.29, 1.82) is 0 Å². The molecule has 0 spiro atoms. The lowest BCUT2D eigenvalue weighted by Crippen LogP contribution is -2.38. The van der Waals surface area contributed by atoms with Crippen LogP contribution in [0.2, 0.25) is 0 Å². The van der Waals surface area contributed by atoms with Gasteiger partial charge >= 0.3 is 0 Å². The van der Waals surface area contributed by atoms with Crippen molar-refractivity contribution in [2.75, 3.05) is 13.1 Å². The van der Waals surface area contributed by atoms with Crippen LogP contribution in [0.3, 0.4) is 0 Å². The number of imidazole rings is 1. The summed E-state index contributed by atoms with van der Waals surface area (Å²) in [7, 11) is 1.95. The Morgan fingerprint density at radius 3 is 3.06 bits per heavy atom. The molecule has 0 radical (unpaired) electrons. The van der Waals surface area contributed by atoms with Crippen molar-refractivity contribution in [3.05, 3.63) is 18.2 Å². The first-order valence-corrected chi connectivity index (χ1v) is 5.70. The smallest absolute Gasteiger partial charge is 0.240 e. The van der Waals surface area contributed by atoms with Crippen LogP contribution in [0.25, 0.3) is 0 Å². The van der Waals surface area contributed by atoms with Gasteiger partial charge in [-0.15, -0.1) is 0 Å². The van der Waals surface area contributed by atoms with Crippen molar-refractivity contribution in [1.82, 2.24) is 19.8 Å². The molecule has 5 nitrogen and oxygen atoms in total. The number of likely N-dealkylation sites (tertiary alicyclic amines) is 1. The Balaban J connectivity index is 1.97. The second-order valence-corrected chi connectivity index (χ2v) is 4.11. The number of carbonyl (C=O) groups is 1. The van der Waals surface area contributed by atoms with Gasteiger partial charge in [-0.3, -0.25) is 4.79 Å². The molecule has 1 amide bonds. The number of carbonyl (C=O) groups excluding carboxylic acids is 1. The van der Waals surface area contributed by atoms with Crippen LogP contribution in [-0.2, 0) is 18.4 Å². The Hall–Kier alpha value is -1.36. The van der Waals surface area contributed by atoms with Gasteiger partial charge < -0.3 is 14.8 Å². The summed E-state index contributed by atoms with van der Waals surface area (Å²) in [6.45, 7) is 4.30. The molecule has 0 bridgehead atoms. The number of likely N-dealkylation sites (N-methyl/N-ethyl adjacent to an activating group) is 1. The molecule has 1 aliphatic rings. The zero-order valence-electron chi connectivity index (χ0n) is 9.81. The average molecular weight is 222 g/mol. The molecule has 88 valence electrons. The topological polar surface area (TPSA) is 50.2 Å². The Bertz CT molecular complexity index is 374. The number of hydrogen-bond acceptors (Lipinski definition) is 3. The highest BCUT2D eigenvalue weighted by molar-refractivity contribution is 5.83. The van der Waals surface area contributed by atoms with E-state index in [2.05, 4.69) is 10.3 Å². The lowest BCUT2D eigenvalue weighted by Gasteiger charge is -2.16. The summed E-state index contributed by atoms with van der Waals surface area (Å²) >= 11 is 0. The fourth-order valence-corrected chi connectivity index (χ4v) is 2.05. The van der Waals surface area contributed by atoms with Gasteiger partial charge in [0.2, 0.25) is 5.91 Å². The second kappa shape index (κ2) is 4.65. The SMILES string of the molecule is CCNC1CCN(Cc2nccn2C)C1=O. The summed E-state index contributed by atoms with van der Waals surface area (Å²) in [5.74, 6) is 1.13. The summed E-state index contributed by atoms with van der Waals surface area (Å²) in [4.78, 5) is 18.1. The van der Waals surface area contributed by atoms with Crippen molar-refractivity contribution in [2.24, 2.45) is 7.05 Å². The highest BCUT2D eigenvalue weighted by atomic mass is 16.2. The van der Waals surface area contributed by atoms with E-state index < -0.39 is 0 Å². The van der Waals surface area contributed by atoms with Crippen LogP contribution in [0.5, 0.6) is 0 Å². The number of rotatable bonds is 4. The fraction of sp³-hybridized carbons (Fsp3) is 0.636. The summed E-state index contributed by atoms with van der Waals surface area (Å²) < 4.78 is 1.95. The number of amides is 1. The minimum atomic E-state index is 0.00488. The van der Waals surface area contributed by atoms with E-state index in [9.17, 15) is 4.79 Å². The van der Waals surface area contributed by atoms with Crippen molar-refractivity contribution in [2.45, 2.75) is 25.9 Å². The van der Waals surface area contributed by atoms with Gasteiger partial charge in [0.1, 0.15) is 5.82 Å². The van der Waals surface area contributed by atoms with Gasteiger partial charge in [-0.05, 0) is 13.0 Å². The van der Waals surface area contributed by atoms with Gasteiger partial charge in [0.15, 0.2) is 0 Å². The average Bonchev–Trinajstić information content (AvgIpc) is 2.80. The van der Waals surface area contributed by atoms with E-state index >= 15 is 0 Å². The molecule has 1 saturated heterocycles. The molecule has 1 N–H and O–H groups in total. The Morgan fingerprint density at radius 1 is 1.62 bits per heavy atom. The summed E-state index contributed by atoms with van der Waals surface area (Å²) in [5, 5.41) is 3.20. The Morgan fingerprint density at radius 2 is 2.44 bits per heavy atom. The molecule has 1 unspecified atom stereocenters. The number of aryl methyl sites for hydroxylation is 1. The predicted octanol–water partition coefficient (Wildman–Crippen LogP) is 0.130. The van der Waals surface area contributed by atoms with Crippen LogP contribution in [0.1, 0.15) is 19.2 Å². The molecule has 1 atom stereocenters. The van der Waals surface area contributed by atoms with E-state index in [1.54, 1.807) is 6.20 Å². The number of nitrogens with one attached hydrogen (secondary N) is 1. The number of hydrogen-bond donors (Lipinski definition) is 1. The maximum Gasteiger partial charge on any atom is 0.240 e. The molecule has 1 fully saturated rings. The van der Waals surface area contributed by atoms with Crippen molar-refractivity contribution in [3.63, 3.8) is 0 Å². The zero-order valence-corrected chi connectivity index (χ0v) is 9.81. The third kappa shape index (κ3) is 2.09. The molecule has 0 aliphatic carbocycles. The van der Waals surface area contributed by atoms with Crippen LogP contribution >= 0.6 is 0 Å². The molecule has 1 aromatic heterocycles. The largest absolute Gasteiger partial charge is 0.337 e. The minimum Gasteiger partial charge on any atom is -0.337 e. The van der Waals surface area contributed by atoms with Crippen LogP contribution in [0, 0.1) is 0 Å². The molecular formula is C11H18N4O. The highest BCUT2D eigenvalue weighted by Gasteiger charge is 2.31. The maximum atomic E-state index is 12.0. The summed E-state index contributed by atoms with van der Waals surface area (Å²) in [6.07, 6.45) is 4.56. The molecule has 0 aromatic carbocycles. The van der Waals surface area contributed by atoms with Crippen LogP contribution in [0.15, 0.2) is 12.4 Å². The first-order chi connectivity index (χ1) is 7.72. The van der Waals surface area contributed by atoms with Crippen molar-refractivity contribution in [3.8, 4) is 0 Å². The molecular weight excluding hydrogens is 204 g/mol. The number of aromatic nitrogens is 2. The number of nitrogens with zero attached hydrogens (tertiary/aromatic N) is 3. The molecule has 2 rings (SSSR count). The lowest BCUT2D eigenvalue weighted by molar-refractivity contribution is -0.130. The quantitative estimate of drug-likeness (QED) is 0.788. The van der Waals surface area contributed by atoms with Crippen molar-refractivity contribution >= 4 is 5.91 Å². The Kier molecular flexibility index (Phi) is 3.24. The monoisotopic (exact) mass is 222 g/mol. The van der Waals surface area contributed by atoms with E-state index in [-0.39, 0.29) is 11.9 Å². The molecule has 5 heteroatoms. The third-order valence-corrected chi connectivity index (χ3v) is 3.00. The minimum absolute atomic E-state index is 0.00488. The molecule has 1 aromatic rings. The summed E-state index contributed by atoms with van der Waals surface area (Å²) in [5.41, 5.74) is 0. The summed E-state index contributed by atoms with van der Waals surface area (Å²) in [6, 6.07) is 0.00488. The van der Waals surface area contributed by atoms with E-state index in [1.807, 2.05) is 29.6 Å².